The average Bonchev–Trinajstić information content (AvgIpc) is 2.97. The van der Waals surface area contributed by atoms with E-state index in [0.717, 1.165) is 15.4 Å². The lowest BCUT2D eigenvalue weighted by Gasteiger charge is -2.21. The Morgan fingerprint density at radius 3 is 2.77 bits per heavy atom. The van der Waals surface area contributed by atoms with Crippen LogP contribution in [-0.2, 0) is 9.53 Å². The molecule has 0 aliphatic carbocycles. The molecule has 1 unspecified atom stereocenters. The number of carbonyl (C=O) groups is 1. The number of aromatic nitrogens is 3. The summed E-state index contributed by atoms with van der Waals surface area (Å²) in [5.41, 5.74) is 0.529. The molecule has 1 aromatic carbocycles. The number of halogens is 1. The van der Waals surface area contributed by atoms with Gasteiger partial charge in [0, 0.05) is 9.86 Å². The second-order valence-electron chi connectivity index (χ2n) is 6.78. The lowest BCUT2D eigenvalue weighted by atomic mass is 10.1. The summed E-state index contributed by atoms with van der Waals surface area (Å²) in [4.78, 5) is 16.8. The predicted molar refractivity (Wildman–Crippen MR) is 101 cm³/mol. The molecule has 3 rings (SSSR count). The molecule has 0 fully saturated rings. The molecule has 132 valence electrons. The van der Waals surface area contributed by atoms with Crippen LogP contribution in [-0.4, -0.2) is 26.3 Å². The smallest absolute Gasteiger partial charge is 0.330 e. The summed E-state index contributed by atoms with van der Waals surface area (Å²) < 4.78 is 7.93. The Morgan fingerprint density at radius 1 is 1.31 bits per heavy atom. The van der Waals surface area contributed by atoms with Crippen LogP contribution < -0.4 is 0 Å². The molecule has 3 aromatic rings. The van der Waals surface area contributed by atoms with Gasteiger partial charge in [-0.25, -0.2) is 9.67 Å². The molecule has 0 radical (unpaired) electrons. The van der Waals surface area contributed by atoms with Crippen LogP contribution in [0.4, 0.5) is 0 Å². The predicted octanol–water partition coefficient (Wildman–Crippen LogP) is 4.13. The number of nitrogens with zero attached hydrogens (tertiary/aromatic N) is 4. The molecular weight excluding hydrogens is 396 g/mol. The topological polar surface area (TPSA) is 80.8 Å². The van der Waals surface area contributed by atoms with E-state index < -0.39 is 17.5 Å². The molecule has 0 saturated carbocycles. The Kier molecular flexibility index (Phi) is 4.79. The molecule has 0 amide bonds. The summed E-state index contributed by atoms with van der Waals surface area (Å²) in [5, 5.41) is 14.8. The first kappa shape index (κ1) is 18.1. The Bertz CT molecular complexity index is 1010. The molecule has 1 atom stereocenters. The number of pyridine rings is 1. The van der Waals surface area contributed by atoms with Crippen molar-refractivity contribution in [1.82, 2.24) is 14.8 Å². The number of carbonyl (C=O) groups excluding carboxylic acids is 1. The summed E-state index contributed by atoms with van der Waals surface area (Å²) in [5.74, 6) is -1.18. The molecule has 2 heterocycles. The Labute approximate surface area is 159 Å². The quantitative estimate of drug-likeness (QED) is 0.603. The normalized spacial score (nSPS) is 12.6. The highest BCUT2D eigenvalue weighted by atomic mass is 79.9. The van der Waals surface area contributed by atoms with Crippen molar-refractivity contribution in [1.29, 1.82) is 5.26 Å². The molecule has 26 heavy (non-hydrogen) atoms. The fraction of sp³-hybridized carbons (Fsp3) is 0.263. The fourth-order valence-electron chi connectivity index (χ4n) is 2.49. The monoisotopic (exact) mass is 412 g/mol. The zero-order valence-electron chi connectivity index (χ0n) is 14.6. The van der Waals surface area contributed by atoms with Crippen LogP contribution in [0, 0.1) is 11.3 Å². The maximum absolute atomic E-state index is 12.3. The molecule has 0 aliphatic rings. The molecule has 7 heteroatoms. The average molecular weight is 413 g/mol. The molecule has 2 aromatic heterocycles. The number of rotatable bonds is 3. The lowest BCUT2D eigenvalue weighted by Crippen LogP contribution is -2.27. The summed E-state index contributed by atoms with van der Waals surface area (Å²) in [6.45, 7) is 5.28. The van der Waals surface area contributed by atoms with E-state index in [1.165, 1.54) is 0 Å². The minimum Gasteiger partial charge on any atom is -0.459 e. The number of esters is 1. The SMILES string of the molecule is CC(C)(C)OC(=O)C(C#N)c1cccc(-n2ncc3ccc(Br)cc32)n1. The molecule has 0 N–H and O–H groups in total. The third kappa shape index (κ3) is 3.75. The largest absolute Gasteiger partial charge is 0.459 e. The van der Waals surface area contributed by atoms with Crippen molar-refractivity contribution >= 4 is 32.8 Å². The maximum Gasteiger partial charge on any atom is 0.330 e. The van der Waals surface area contributed by atoms with Gasteiger partial charge in [-0.1, -0.05) is 28.1 Å². The zero-order valence-corrected chi connectivity index (χ0v) is 16.2. The van der Waals surface area contributed by atoms with Crippen LogP contribution in [0.15, 0.2) is 47.1 Å². The van der Waals surface area contributed by atoms with Crippen LogP contribution in [0.5, 0.6) is 0 Å². The highest BCUT2D eigenvalue weighted by molar-refractivity contribution is 9.10. The summed E-state index contributed by atoms with van der Waals surface area (Å²) >= 11 is 3.45. The number of fused-ring (bicyclic) bond motifs is 1. The fourth-order valence-corrected chi connectivity index (χ4v) is 2.84. The van der Waals surface area contributed by atoms with Gasteiger partial charge in [0.2, 0.25) is 0 Å². The highest BCUT2D eigenvalue weighted by Gasteiger charge is 2.28. The van der Waals surface area contributed by atoms with Crippen LogP contribution in [0.3, 0.4) is 0 Å². The molecule has 0 bridgehead atoms. The van der Waals surface area contributed by atoms with E-state index in [1.54, 1.807) is 49.8 Å². The van der Waals surface area contributed by atoms with Crippen LogP contribution in [0.2, 0.25) is 0 Å². The van der Waals surface area contributed by atoms with Gasteiger partial charge < -0.3 is 4.74 Å². The van der Waals surface area contributed by atoms with Crippen molar-refractivity contribution in [2.24, 2.45) is 0 Å². The first-order valence-electron chi connectivity index (χ1n) is 8.01. The Morgan fingerprint density at radius 2 is 2.08 bits per heavy atom. The summed E-state index contributed by atoms with van der Waals surface area (Å²) in [6, 6.07) is 13.0. The van der Waals surface area contributed by atoms with Gasteiger partial charge in [-0.15, -0.1) is 0 Å². The maximum atomic E-state index is 12.3. The molecule has 0 spiro atoms. The van der Waals surface area contributed by atoms with E-state index in [9.17, 15) is 10.1 Å². The van der Waals surface area contributed by atoms with Gasteiger partial charge in [0.25, 0.3) is 0 Å². The number of nitriles is 1. The third-order valence-electron chi connectivity index (χ3n) is 3.57. The standard InChI is InChI=1S/C19H17BrN4O2/c1-19(2,3)26-18(25)14(10-21)15-5-4-6-17(23-15)24-16-9-13(20)8-7-12(16)11-22-24/h4-9,11,14H,1-3H3. The third-order valence-corrected chi connectivity index (χ3v) is 4.07. The van der Waals surface area contributed by atoms with Crippen LogP contribution in [0.25, 0.3) is 16.7 Å². The van der Waals surface area contributed by atoms with E-state index >= 15 is 0 Å². The number of ether oxygens (including phenoxy) is 1. The minimum absolute atomic E-state index is 0.331. The lowest BCUT2D eigenvalue weighted by molar-refractivity contribution is -0.155. The van der Waals surface area contributed by atoms with Crippen molar-refractivity contribution in [3.8, 4) is 11.9 Å². The number of hydrogen-bond donors (Lipinski definition) is 0. The molecular formula is C19H17BrN4O2. The summed E-state index contributed by atoms with van der Waals surface area (Å²) in [7, 11) is 0. The van der Waals surface area contributed by atoms with Crippen molar-refractivity contribution in [3.63, 3.8) is 0 Å². The second kappa shape index (κ2) is 6.89. The van der Waals surface area contributed by atoms with Gasteiger partial charge in [-0.3, -0.25) is 4.79 Å². The van der Waals surface area contributed by atoms with Gasteiger partial charge >= 0.3 is 5.97 Å². The van der Waals surface area contributed by atoms with E-state index in [1.807, 2.05) is 24.3 Å². The van der Waals surface area contributed by atoms with E-state index in [4.69, 9.17) is 4.74 Å². The molecule has 0 aliphatic heterocycles. The highest BCUT2D eigenvalue weighted by Crippen LogP contribution is 2.24. The van der Waals surface area contributed by atoms with Crippen molar-refractivity contribution in [2.45, 2.75) is 32.3 Å². The Hall–Kier alpha value is -2.72. The van der Waals surface area contributed by atoms with Crippen molar-refractivity contribution < 1.29 is 9.53 Å². The zero-order chi connectivity index (χ0) is 18.9. The first-order valence-corrected chi connectivity index (χ1v) is 8.81. The van der Waals surface area contributed by atoms with Crippen molar-refractivity contribution in [3.05, 3.63) is 52.8 Å². The van der Waals surface area contributed by atoms with E-state index in [-0.39, 0.29) is 0 Å². The second-order valence-corrected chi connectivity index (χ2v) is 7.69. The van der Waals surface area contributed by atoms with E-state index in [0.29, 0.717) is 11.5 Å². The van der Waals surface area contributed by atoms with E-state index in [2.05, 4.69) is 26.0 Å². The molecule has 6 nitrogen and oxygen atoms in total. The van der Waals surface area contributed by atoms with Gasteiger partial charge in [0.15, 0.2) is 11.7 Å². The van der Waals surface area contributed by atoms with Gasteiger partial charge in [-0.05, 0) is 45.0 Å². The van der Waals surface area contributed by atoms with Gasteiger partial charge in [0.05, 0.1) is 23.5 Å². The van der Waals surface area contributed by atoms with Crippen LogP contribution >= 0.6 is 15.9 Å². The number of hydrogen-bond acceptors (Lipinski definition) is 5. The van der Waals surface area contributed by atoms with Crippen molar-refractivity contribution in [2.75, 3.05) is 0 Å². The van der Waals surface area contributed by atoms with Gasteiger partial charge in [-0.2, -0.15) is 10.4 Å². The number of benzene rings is 1. The first-order chi connectivity index (χ1) is 12.3. The minimum atomic E-state index is -1.09. The van der Waals surface area contributed by atoms with Crippen LogP contribution in [0.1, 0.15) is 32.4 Å². The summed E-state index contributed by atoms with van der Waals surface area (Å²) in [6.07, 6.45) is 1.74. The Balaban J connectivity index is 2.01. The van der Waals surface area contributed by atoms with Gasteiger partial charge in [0.1, 0.15) is 5.60 Å². The molecule has 0 saturated heterocycles.